The minimum absolute atomic E-state index is 0. The van der Waals surface area contributed by atoms with Crippen molar-refractivity contribution in [1.82, 2.24) is 15.5 Å². The highest BCUT2D eigenvalue weighted by Gasteiger charge is 2.17. The Morgan fingerprint density at radius 2 is 1.90 bits per heavy atom. The SMILES string of the molecule is CN=C(NCC(C)CN1CCCC1)NCC(C)(C)OC.I. The maximum Gasteiger partial charge on any atom is 0.191 e. The summed E-state index contributed by atoms with van der Waals surface area (Å²) in [6.45, 7) is 11.8. The molecule has 1 rings (SSSR count). The third-order valence-electron chi connectivity index (χ3n) is 3.84. The highest BCUT2D eigenvalue weighted by molar-refractivity contribution is 14.0. The number of methoxy groups -OCH3 is 1. The standard InChI is InChI=1S/C15H32N4O.HI/c1-13(11-19-8-6-7-9-19)10-17-14(16-4)18-12-15(2,3)20-5;/h13H,6-12H2,1-5H3,(H2,16,17,18);1H. The first-order valence-corrected chi connectivity index (χ1v) is 7.69. The van der Waals surface area contributed by atoms with Gasteiger partial charge in [0.2, 0.25) is 0 Å². The van der Waals surface area contributed by atoms with E-state index in [0.717, 1.165) is 19.0 Å². The Morgan fingerprint density at radius 1 is 1.29 bits per heavy atom. The van der Waals surface area contributed by atoms with Gasteiger partial charge >= 0.3 is 0 Å². The summed E-state index contributed by atoms with van der Waals surface area (Å²) in [5, 5.41) is 6.71. The van der Waals surface area contributed by atoms with Gasteiger partial charge in [0.15, 0.2) is 5.96 Å². The van der Waals surface area contributed by atoms with E-state index < -0.39 is 0 Å². The molecule has 1 atom stereocenters. The fourth-order valence-corrected chi connectivity index (χ4v) is 2.33. The maximum absolute atomic E-state index is 5.39. The van der Waals surface area contributed by atoms with Crippen LogP contribution in [0.5, 0.6) is 0 Å². The number of likely N-dealkylation sites (tertiary alicyclic amines) is 1. The van der Waals surface area contributed by atoms with Crippen LogP contribution < -0.4 is 10.6 Å². The van der Waals surface area contributed by atoms with Crippen molar-refractivity contribution < 1.29 is 4.74 Å². The summed E-state index contributed by atoms with van der Waals surface area (Å²) < 4.78 is 5.39. The molecule has 0 aliphatic carbocycles. The van der Waals surface area contributed by atoms with Crippen molar-refractivity contribution in [2.24, 2.45) is 10.9 Å². The topological polar surface area (TPSA) is 48.9 Å². The number of hydrogen-bond acceptors (Lipinski definition) is 3. The molecule has 1 heterocycles. The second kappa shape index (κ2) is 10.6. The number of ether oxygens (including phenoxy) is 1. The van der Waals surface area contributed by atoms with Crippen LogP contribution in [0.2, 0.25) is 0 Å². The number of nitrogens with one attached hydrogen (secondary N) is 2. The highest BCUT2D eigenvalue weighted by Crippen LogP contribution is 2.09. The number of rotatable bonds is 7. The molecule has 1 aliphatic rings. The van der Waals surface area contributed by atoms with Crippen LogP contribution in [0, 0.1) is 5.92 Å². The monoisotopic (exact) mass is 412 g/mol. The van der Waals surface area contributed by atoms with E-state index in [2.05, 4.69) is 41.3 Å². The van der Waals surface area contributed by atoms with Gasteiger partial charge < -0.3 is 20.3 Å². The molecular weight excluding hydrogens is 379 g/mol. The Bertz CT molecular complexity index is 304. The molecule has 0 spiro atoms. The van der Waals surface area contributed by atoms with Gasteiger partial charge in [0, 0.05) is 33.8 Å². The lowest BCUT2D eigenvalue weighted by Crippen LogP contribution is -2.46. The van der Waals surface area contributed by atoms with Crippen molar-refractivity contribution in [3.8, 4) is 0 Å². The molecule has 6 heteroatoms. The van der Waals surface area contributed by atoms with Gasteiger partial charge in [0.05, 0.1) is 5.60 Å². The number of nitrogens with zero attached hydrogens (tertiary/aromatic N) is 2. The Hall–Kier alpha value is -0.0800. The van der Waals surface area contributed by atoms with E-state index in [0.29, 0.717) is 5.92 Å². The number of aliphatic imine (C=N–C) groups is 1. The van der Waals surface area contributed by atoms with E-state index in [4.69, 9.17) is 4.74 Å². The molecule has 1 saturated heterocycles. The molecular formula is C15H33IN4O. The zero-order valence-electron chi connectivity index (χ0n) is 14.2. The molecule has 0 aromatic carbocycles. The van der Waals surface area contributed by atoms with Crippen molar-refractivity contribution >= 4 is 29.9 Å². The maximum atomic E-state index is 5.39. The minimum Gasteiger partial charge on any atom is -0.377 e. The van der Waals surface area contributed by atoms with E-state index in [-0.39, 0.29) is 29.6 Å². The van der Waals surface area contributed by atoms with Crippen LogP contribution in [0.3, 0.4) is 0 Å². The molecule has 126 valence electrons. The van der Waals surface area contributed by atoms with Crippen LogP contribution in [0.15, 0.2) is 4.99 Å². The lowest BCUT2D eigenvalue weighted by molar-refractivity contribution is 0.0268. The van der Waals surface area contributed by atoms with Gasteiger partial charge in [-0.1, -0.05) is 6.92 Å². The van der Waals surface area contributed by atoms with Crippen LogP contribution in [0.1, 0.15) is 33.6 Å². The fraction of sp³-hybridized carbons (Fsp3) is 0.933. The zero-order valence-corrected chi connectivity index (χ0v) is 16.6. The first-order chi connectivity index (χ1) is 9.46. The largest absolute Gasteiger partial charge is 0.377 e. The molecule has 21 heavy (non-hydrogen) atoms. The summed E-state index contributed by atoms with van der Waals surface area (Å²) in [5.41, 5.74) is -0.182. The molecule has 0 amide bonds. The van der Waals surface area contributed by atoms with E-state index >= 15 is 0 Å². The first-order valence-electron chi connectivity index (χ1n) is 7.69. The van der Waals surface area contributed by atoms with E-state index in [1.165, 1.54) is 32.5 Å². The average Bonchev–Trinajstić information content (AvgIpc) is 2.91. The first kappa shape index (κ1) is 20.9. The Balaban J connectivity index is 0.00000400. The van der Waals surface area contributed by atoms with Crippen molar-refractivity contribution in [2.75, 3.05) is 46.9 Å². The van der Waals surface area contributed by atoms with Gasteiger partial charge in [-0.05, 0) is 45.7 Å². The molecule has 1 unspecified atom stereocenters. The molecule has 1 aliphatic heterocycles. The van der Waals surface area contributed by atoms with Crippen molar-refractivity contribution in [2.45, 2.75) is 39.2 Å². The molecule has 0 aromatic heterocycles. The predicted octanol–water partition coefficient (Wildman–Crippen LogP) is 1.93. The average molecular weight is 412 g/mol. The van der Waals surface area contributed by atoms with Gasteiger partial charge in [-0.2, -0.15) is 0 Å². The van der Waals surface area contributed by atoms with Gasteiger partial charge in [-0.15, -0.1) is 24.0 Å². The second-order valence-electron chi connectivity index (χ2n) is 6.38. The predicted molar refractivity (Wildman–Crippen MR) is 101 cm³/mol. The lowest BCUT2D eigenvalue weighted by atomic mass is 10.1. The molecule has 0 bridgehead atoms. The smallest absolute Gasteiger partial charge is 0.191 e. The second-order valence-corrected chi connectivity index (χ2v) is 6.38. The van der Waals surface area contributed by atoms with Crippen molar-refractivity contribution in [3.05, 3.63) is 0 Å². The lowest BCUT2D eigenvalue weighted by Gasteiger charge is -2.25. The quantitative estimate of drug-likeness (QED) is 0.381. The summed E-state index contributed by atoms with van der Waals surface area (Å²) in [7, 11) is 3.54. The third kappa shape index (κ3) is 8.83. The van der Waals surface area contributed by atoms with E-state index in [1.807, 2.05) is 0 Å². The summed E-state index contributed by atoms with van der Waals surface area (Å²) >= 11 is 0. The number of hydrogen-bond donors (Lipinski definition) is 2. The minimum atomic E-state index is -0.182. The third-order valence-corrected chi connectivity index (χ3v) is 3.84. The molecule has 5 nitrogen and oxygen atoms in total. The molecule has 0 aromatic rings. The van der Waals surface area contributed by atoms with E-state index in [1.54, 1.807) is 14.2 Å². The van der Waals surface area contributed by atoms with Gasteiger partial charge in [-0.3, -0.25) is 4.99 Å². The Labute approximate surface area is 147 Å². The van der Waals surface area contributed by atoms with Crippen molar-refractivity contribution in [3.63, 3.8) is 0 Å². The summed E-state index contributed by atoms with van der Waals surface area (Å²) in [6.07, 6.45) is 2.71. The summed E-state index contributed by atoms with van der Waals surface area (Å²) in [6, 6.07) is 0. The summed E-state index contributed by atoms with van der Waals surface area (Å²) in [5.74, 6) is 1.48. The molecule has 0 radical (unpaired) electrons. The van der Waals surface area contributed by atoms with Crippen molar-refractivity contribution in [1.29, 1.82) is 0 Å². The van der Waals surface area contributed by atoms with Gasteiger partial charge in [0.25, 0.3) is 0 Å². The van der Waals surface area contributed by atoms with Crippen LogP contribution in [-0.2, 0) is 4.74 Å². The Morgan fingerprint density at radius 3 is 2.43 bits per heavy atom. The molecule has 0 saturated carbocycles. The Kier molecular flexibility index (Phi) is 10.6. The highest BCUT2D eigenvalue weighted by atomic mass is 127. The van der Waals surface area contributed by atoms with Gasteiger partial charge in [-0.25, -0.2) is 0 Å². The molecule has 1 fully saturated rings. The van der Waals surface area contributed by atoms with Crippen LogP contribution in [0.25, 0.3) is 0 Å². The van der Waals surface area contributed by atoms with E-state index in [9.17, 15) is 0 Å². The van der Waals surface area contributed by atoms with Crippen LogP contribution >= 0.6 is 24.0 Å². The van der Waals surface area contributed by atoms with Crippen LogP contribution in [0.4, 0.5) is 0 Å². The number of halogens is 1. The zero-order chi connectivity index (χ0) is 15.0. The molecule has 2 N–H and O–H groups in total. The van der Waals surface area contributed by atoms with Gasteiger partial charge in [0.1, 0.15) is 0 Å². The summed E-state index contributed by atoms with van der Waals surface area (Å²) in [4.78, 5) is 6.81. The van der Waals surface area contributed by atoms with Crippen LogP contribution in [-0.4, -0.2) is 63.3 Å². The number of guanidine groups is 1. The normalized spacial score (nSPS) is 18.2. The fourth-order valence-electron chi connectivity index (χ4n) is 2.33.